The second-order valence-electron chi connectivity index (χ2n) is 2.10. The molecule has 0 bridgehead atoms. The molecule has 0 aromatic carbocycles. The van der Waals surface area contributed by atoms with Crippen molar-refractivity contribution in [1.82, 2.24) is 4.98 Å². The van der Waals surface area contributed by atoms with Crippen molar-refractivity contribution in [2.45, 2.75) is 6.92 Å². The maximum atomic E-state index is 11.0. The van der Waals surface area contributed by atoms with Crippen LogP contribution in [0.4, 0.5) is 5.69 Å². The third-order valence-electron chi connectivity index (χ3n) is 1.22. The molecule has 0 saturated carbocycles. The topological polar surface area (TPSA) is 42.0 Å². The highest BCUT2D eigenvalue weighted by atomic mass is 35.5. The molecule has 3 nitrogen and oxygen atoms in total. The fourth-order valence-electron chi connectivity index (χ4n) is 0.670. The van der Waals surface area contributed by atoms with Gasteiger partial charge in [0.15, 0.2) is 0 Å². The van der Waals surface area contributed by atoms with E-state index in [1.807, 2.05) is 6.92 Å². The predicted octanol–water partition coefficient (Wildman–Crippen LogP) is 1.83. The molecule has 66 valence electrons. The Hall–Kier alpha value is -0.610. The SMILES string of the molecule is CCS(=O)Nc1ccnc(Cl)c1. The van der Waals surface area contributed by atoms with Crippen LogP contribution in [0.5, 0.6) is 0 Å². The van der Waals surface area contributed by atoms with Crippen LogP contribution in [-0.4, -0.2) is 14.9 Å². The summed E-state index contributed by atoms with van der Waals surface area (Å²) in [6.45, 7) is 1.84. The Morgan fingerprint density at radius 1 is 1.75 bits per heavy atom. The number of hydrogen-bond acceptors (Lipinski definition) is 2. The van der Waals surface area contributed by atoms with Gasteiger partial charge in [-0.25, -0.2) is 9.19 Å². The first-order chi connectivity index (χ1) is 5.72. The minimum atomic E-state index is -1.02. The zero-order valence-electron chi connectivity index (χ0n) is 6.58. The van der Waals surface area contributed by atoms with Crippen molar-refractivity contribution in [3.63, 3.8) is 0 Å². The molecule has 1 heterocycles. The Morgan fingerprint density at radius 2 is 2.50 bits per heavy atom. The summed E-state index contributed by atoms with van der Waals surface area (Å²) in [6, 6.07) is 3.36. The van der Waals surface area contributed by atoms with Gasteiger partial charge in [-0.3, -0.25) is 0 Å². The second kappa shape index (κ2) is 4.42. The highest BCUT2D eigenvalue weighted by Gasteiger charge is 1.97. The van der Waals surface area contributed by atoms with E-state index in [2.05, 4.69) is 9.71 Å². The van der Waals surface area contributed by atoms with Gasteiger partial charge in [0.05, 0.1) is 5.69 Å². The normalized spacial score (nSPS) is 12.5. The minimum Gasteiger partial charge on any atom is -0.305 e. The zero-order valence-corrected chi connectivity index (χ0v) is 8.15. The van der Waals surface area contributed by atoms with Gasteiger partial charge in [-0.15, -0.1) is 0 Å². The average molecular weight is 205 g/mol. The lowest BCUT2D eigenvalue weighted by Crippen LogP contribution is -2.05. The number of pyridine rings is 1. The molecule has 12 heavy (non-hydrogen) atoms. The Morgan fingerprint density at radius 3 is 3.08 bits per heavy atom. The largest absolute Gasteiger partial charge is 0.305 e. The first-order valence-electron chi connectivity index (χ1n) is 3.49. The van der Waals surface area contributed by atoms with Crippen LogP contribution < -0.4 is 4.72 Å². The van der Waals surface area contributed by atoms with E-state index in [1.54, 1.807) is 18.3 Å². The summed E-state index contributed by atoms with van der Waals surface area (Å²) in [4.78, 5) is 3.80. The van der Waals surface area contributed by atoms with Crippen molar-refractivity contribution >= 4 is 28.3 Å². The summed E-state index contributed by atoms with van der Waals surface area (Å²) < 4.78 is 13.8. The fraction of sp³-hybridized carbons (Fsp3) is 0.286. The molecule has 0 aliphatic carbocycles. The molecule has 0 fully saturated rings. The first kappa shape index (κ1) is 9.48. The van der Waals surface area contributed by atoms with Gasteiger partial charge in [0.2, 0.25) is 0 Å². The van der Waals surface area contributed by atoms with Crippen LogP contribution in [0.25, 0.3) is 0 Å². The number of anilines is 1. The van der Waals surface area contributed by atoms with E-state index in [4.69, 9.17) is 11.6 Å². The van der Waals surface area contributed by atoms with Crippen LogP contribution >= 0.6 is 11.6 Å². The van der Waals surface area contributed by atoms with Crippen molar-refractivity contribution < 1.29 is 4.21 Å². The van der Waals surface area contributed by atoms with Gasteiger partial charge in [0.1, 0.15) is 16.1 Å². The molecule has 1 aromatic rings. The van der Waals surface area contributed by atoms with E-state index in [9.17, 15) is 4.21 Å². The monoisotopic (exact) mass is 204 g/mol. The van der Waals surface area contributed by atoms with Gasteiger partial charge < -0.3 is 4.72 Å². The Kier molecular flexibility index (Phi) is 3.49. The number of halogens is 1. The van der Waals surface area contributed by atoms with Crippen molar-refractivity contribution in [2.24, 2.45) is 0 Å². The van der Waals surface area contributed by atoms with Crippen LogP contribution in [0.2, 0.25) is 5.15 Å². The summed E-state index contributed by atoms with van der Waals surface area (Å²) in [5.41, 5.74) is 0.732. The lowest BCUT2D eigenvalue weighted by molar-refractivity contribution is 0.687. The number of hydrogen-bond donors (Lipinski definition) is 1. The minimum absolute atomic E-state index is 0.396. The maximum Gasteiger partial charge on any atom is 0.131 e. The van der Waals surface area contributed by atoms with Gasteiger partial charge in [-0.1, -0.05) is 18.5 Å². The highest BCUT2D eigenvalue weighted by Crippen LogP contribution is 2.12. The summed E-state index contributed by atoms with van der Waals surface area (Å²) >= 11 is 5.62. The Bertz CT molecular complexity index is 292. The zero-order chi connectivity index (χ0) is 8.97. The third kappa shape index (κ3) is 2.79. The molecule has 1 N–H and O–H groups in total. The molecule has 0 saturated heterocycles. The quantitative estimate of drug-likeness (QED) is 0.764. The smallest absolute Gasteiger partial charge is 0.131 e. The van der Waals surface area contributed by atoms with E-state index in [0.29, 0.717) is 10.9 Å². The molecule has 1 rings (SSSR count). The van der Waals surface area contributed by atoms with E-state index < -0.39 is 11.0 Å². The van der Waals surface area contributed by atoms with Gasteiger partial charge in [-0.05, 0) is 12.1 Å². The lowest BCUT2D eigenvalue weighted by Gasteiger charge is -2.02. The molecule has 0 aliphatic heterocycles. The molecule has 0 spiro atoms. The first-order valence-corrected chi connectivity index (χ1v) is 5.18. The molecule has 0 radical (unpaired) electrons. The molecular weight excluding hydrogens is 196 g/mol. The van der Waals surface area contributed by atoms with Gasteiger partial charge >= 0.3 is 0 Å². The van der Waals surface area contributed by atoms with E-state index in [0.717, 1.165) is 5.69 Å². The van der Waals surface area contributed by atoms with Crippen molar-refractivity contribution in [3.8, 4) is 0 Å². The number of aromatic nitrogens is 1. The molecule has 5 heteroatoms. The fourth-order valence-corrected chi connectivity index (χ4v) is 1.38. The van der Waals surface area contributed by atoms with Crippen LogP contribution in [-0.2, 0) is 11.0 Å². The summed E-state index contributed by atoms with van der Waals surface area (Å²) in [5, 5.41) is 0.396. The second-order valence-corrected chi connectivity index (χ2v) is 3.96. The molecule has 0 amide bonds. The van der Waals surface area contributed by atoms with Crippen molar-refractivity contribution in [3.05, 3.63) is 23.5 Å². The van der Waals surface area contributed by atoms with Crippen LogP contribution in [0, 0.1) is 0 Å². The van der Waals surface area contributed by atoms with Crippen LogP contribution in [0.1, 0.15) is 6.92 Å². The van der Waals surface area contributed by atoms with Gasteiger partial charge in [-0.2, -0.15) is 0 Å². The molecule has 0 aliphatic rings. The van der Waals surface area contributed by atoms with Crippen molar-refractivity contribution in [2.75, 3.05) is 10.5 Å². The summed E-state index contributed by atoms with van der Waals surface area (Å²) in [7, 11) is -1.02. The Balaban J connectivity index is 2.69. The number of nitrogens with zero attached hydrogens (tertiary/aromatic N) is 1. The Labute approximate surface area is 78.7 Å². The predicted molar refractivity (Wildman–Crippen MR) is 51.6 cm³/mol. The van der Waals surface area contributed by atoms with Crippen LogP contribution in [0.3, 0.4) is 0 Å². The number of rotatable bonds is 3. The third-order valence-corrected chi connectivity index (χ3v) is 2.41. The van der Waals surface area contributed by atoms with Gasteiger partial charge in [0.25, 0.3) is 0 Å². The molecule has 1 aromatic heterocycles. The highest BCUT2D eigenvalue weighted by molar-refractivity contribution is 7.86. The van der Waals surface area contributed by atoms with E-state index in [-0.39, 0.29) is 0 Å². The molecule has 1 unspecified atom stereocenters. The van der Waals surface area contributed by atoms with Crippen molar-refractivity contribution in [1.29, 1.82) is 0 Å². The van der Waals surface area contributed by atoms with Crippen LogP contribution in [0.15, 0.2) is 18.3 Å². The van der Waals surface area contributed by atoms with E-state index >= 15 is 0 Å². The molecular formula is C7H9ClN2OS. The number of nitrogens with one attached hydrogen (secondary N) is 1. The summed E-state index contributed by atoms with van der Waals surface area (Å²) in [6.07, 6.45) is 1.57. The lowest BCUT2D eigenvalue weighted by atomic mass is 10.4. The molecule has 1 atom stereocenters. The van der Waals surface area contributed by atoms with E-state index in [1.165, 1.54) is 0 Å². The summed E-state index contributed by atoms with van der Waals surface area (Å²) in [5.74, 6) is 0.569. The van der Waals surface area contributed by atoms with Gasteiger partial charge in [0, 0.05) is 11.9 Å². The average Bonchev–Trinajstić information content (AvgIpc) is 2.04. The maximum absolute atomic E-state index is 11.0. The standard InChI is InChI=1S/C7H9ClN2OS/c1-2-12(11)10-6-3-4-9-7(8)5-6/h3-5H,2H2,1H3,(H,9,10).